The molecule has 0 unspecified atom stereocenters. The molecule has 0 bridgehead atoms. The van der Waals surface area contributed by atoms with E-state index in [0.29, 0.717) is 17.8 Å². The van der Waals surface area contributed by atoms with Crippen molar-refractivity contribution in [1.29, 1.82) is 0 Å². The fourth-order valence-corrected chi connectivity index (χ4v) is 3.58. The van der Waals surface area contributed by atoms with Crippen LogP contribution in [0.25, 0.3) is 0 Å². The van der Waals surface area contributed by atoms with E-state index in [-0.39, 0.29) is 0 Å². The summed E-state index contributed by atoms with van der Waals surface area (Å²) in [6.45, 7) is 3.73. The standard InChI is InChI=1S/C16H19NO7S.CH4O3S/c1-9(18)21-13-8-25-16(24-12-5-4-6-17-7-12)15(23-11(3)20)14(13)22-10(2)19;1-5(2,3)4/h4-7,13-16H,8H2,1-3H3;1H3,(H,2,3,4)/t13-,14+,15-,16-;/m1./s1. The molecule has 1 saturated heterocycles. The van der Waals surface area contributed by atoms with Gasteiger partial charge in [0.25, 0.3) is 10.1 Å². The van der Waals surface area contributed by atoms with Gasteiger partial charge >= 0.3 is 17.9 Å². The average molecular weight is 466 g/mol. The van der Waals surface area contributed by atoms with Gasteiger partial charge in [0.05, 0.1) is 12.5 Å². The second-order valence-corrected chi connectivity index (χ2v) is 8.63. The maximum atomic E-state index is 11.5. The molecule has 13 heteroatoms. The van der Waals surface area contributed by atoms with Crippen molar-refractivity contribution in [2.75, 3.05) is 12.0 Å². The Morgan fingerprint density at radius 3 is 2.07 bits per heavy atom. The molecule has 0 aliphatic carbocycles. The molecule has 0 aromatic carbocycles. The summed E-state index contributed by atoms with van der Waals surface area (Å²) in [5, 5.41) is 0. The molecule has 168 valence electrons. The minimum absolute atomic E-state index is 0.320. The Morgan fingerprint density at radius 2 is 1.60 bits per heavy atom. The summed E-state index contributed by atoms with van der Waals surface area (Å²) in [7, 11) is -3.67. The lowest BCUT2D eigenvalue weighted by atomic mass is 10.1. The average Bonchev–Trinajstić information content (AvgIpc) is 2.58. The predicted molar refractivity (Wildman–Crippen MR) is 105 cm³/mol. The van der Waals surface area contributed by atoms with Gasteiger partial charge in [0.2, 0.25) is 0 Å². The van der Waals surface area contributed by atoms with Crippen LogP contribution in [0, 0.1) is 0 Å². The van der Waals surface area contributed by atoms with Crippen LogP contribution in [0.3, 0.4) is 0 Å². The molecule has 4 atom stereocenters. The number of carbonyl (C=O) groups is 3. The number of ether oxygens (including phenoxy) is 4. The molecule has 2 rings (SSSR count). The van der Waals surface area contributed by atoms with Gasteiger partial charge in [-0.15, -0.1) is 11.8 Å². The van der Waals surface area contributed by atoms with Crippen molar-refractivity contribution in [3.05, 3.63) is 24.5 Å². The molecule has 1 aliphatic heterocycles. The van der Waals surface area contributed by atoms with Crippen LogP contribution in [-0.4, -0.2) is 71.6 Å². The Bertz CT molecular complexity index is 822. The quantitative estimate of drug-likeness (QED) is 0.372. The lowest BCUT2D eigenvalue weighted by Gasteiger charge is -2.39. The number of pyridine rings is 1. The predicted octanol–water partition coefficient (Wildman–Crippen LogP) is 0.832. The zero-order chi connectivity index (χ0) is 22.9. The van der Waals surface area contributed by atoms with E-state index in [9.17, 15) is 22.8 Å². The van der Waals surface area contributed by atoms with E-state index >= 15 is 0 Å². The van der Waals surface area contributed by atoms with Gasteiger partial charge in [0.1, 0.15) is 5.75 Å². The van der Waals surface area contributed by atoms with Crippen molar-refractivity contribution in [1.82, 2.24) is 4.98 Å². The molecular formula is C17H23NO10S2. The monoisotopic (exact) mass is 465 g/mol. The number of esters is 3. The van der Waals surface area contributed by atoms with Crippen molar-refractivity contribution in [3.63, 3.8) is 0 Å². The molecule has 11 nitrogen and oxygen atoms in total. The molecule has 1 aromatic heterocycles. The largest absolute Gasteiger partial charge is 0.474 e. The van der Waals surface area contributed by atoms with Crippen LogP contribution < -0.4 is 4.74 Å². The fraction of sp³-hybridized carbons (Fsp3) is 0.529. The number of nitrogens with zero attached hydrogens (tertiary/aromatic N) is 1. The number of hydrogen-bond donors (Lipinski definition) is 1. The van der Waals surface area contributed by atoms with Crippen molar-refractivity contribution in [2.24, 2.45) is 0 Å². The highest BCUT2D eigenvalue weighted by Crippen LogP contribution is 2.34. The first kappa shape index (κ1) is 25.7. The zero-order valence-corrected chi connectivity index (χ0v) is 18.3. The summed E-state index contributed by atoms with van der Waals surface area (Å²) in [5.41, 5.74) is -0.649. The van der Waals surface area contributed by atoms with Gasteiger partial charge in [-0.05, 0) is 12.1 Å². The summed E-state index contributed by atoms with van der Waals surface area (Å²) in [4.78, 5) is 38.3. The van der Waals surface area contributed by atoms with Crippen LogP contribution >= 0.6 is 11.8 Å². The van der Waals surface area contributed by atoms with Gasteiger partial charge in [-0.2, -0.15) is 8.42 Å². The van der Waals surface area contributed by atoms with Gasteiger partial charge in [-0.1, -0.05) is 0 Å². The first-order valence-electron chi connectivity index (χ1n) is 8.49. The Balaban J connectivity index is 0.000000804. The van der Waals surface area contributed by atoms with E-state index in [0.717, 1.165) is 0 Å². The van der Waals surface area contributed by atoms with Gasteiger partial charge in [-0.3, -0.25) is 23.9 Å². The molecule has 30 heavy (non-hydrogen) atoms. The van der Waals surface area contributed by atoms with E-state index < -0.39 is 51.8 Å². The number of hydrogen-bond acceptors (Lipinski definition) is 11. The molecule has 1 aromatic rings. The Hall–Kier alpha value is -2.38. The van der Waals surface area contributed by atoms with Crippen molar-refractivity contribution >= 4 is 39.8 Å². The van der Waals surface area contributed by atoms with E-state index in [1.165, 1.54) is 38.7 Å². The first-order chi connectivity index (χ1) is 13.9. The minimum Gasteiger partial charge on any atom is -0.474 e. The van der Waals surface area contributed by atoms with Crippen molar-refractivity contribution < 1.29 is 46.3 Å². The van der Waals surface area contributed by atoms with E-state index in [2.05, 4.69) is 4.98 Å². The third kappa shape index (κ3) is 10.4. The normalized spacial score (nSPS) is 23.2. The molecule has 0 spiro atoms. The third-order valence-electron chi connectivity index (χ3n) is 3.19. The summed E-state index contributed by atoms with van der Waals surface area (Å²) in [6.07, 6.45) is 1.18. The molecular weight excluding hydrogens is 442 g/mol. The van der Waals surface area contributed by atoms with E-state index in [1.807, 2.05) is 0 Å². The van der Waals surface area contributed by atoms with Crippen molar-refractivity contribution in [3.8, 4) is 5.75 Å². The maximum Gasteiger partial charge on any atom is 0.303 e. The topological polar surface area (TPSA) is 155 Å². The van der Waals surface area contributed by atoms with Gasteiger partial charge in [0, 0.05) is 32.7 Å². The molecule has 2 heterocycles. The Labute approximate surface area is 178 Å². The van der Waals surface area contributed by atoms with Crippen LogP contribution in [0.15, 0.2) is 24.5 Å². The smallest absolute Gasteiger partial charge is 0.303 e. The summed E-state index contributed by atoms with van der Waals surface area (Å²) in [6, 6.07) is 3.41. The van der Waals surface area contributed by atoms with Crippen LogP contribution in [0.2, 0.25) is 0 Å². The Kier molecular flexibility index (Phi) is 10.0. The lowest BCUT2D eigenvalue weighted by Crippen LogP contribution is -2.55. The molecule has 1 fully saturated rings. The van der Waals surface area contributed by atoms with Crippen molar-refractivity contribution in [2.45, 2.75) is 44.5 Å². The Morgan fingerprint density at radius 1 is 1.07 bits per heavy atom. The van der Waals surface area contributed by atoms with E-state index in [4.69, 9.17) is 23.5 Å². The molecule has 1 N–H and O–H groups in total. The summed E-state index contributed by atoms with van der Waals surface area (Å²) in [5.74, 6) is -0.863. The van der Waals surface area contributed by atoms with E-state index in [1.54, 1.807) is 18.3 Å². The third-order valence-corrected chi connectivity index (χ3v) is 4.41. The second kappa shape index (κ2) is 11.7. The fourth-order valence-electron chi connectivity index (χ4n) is 2.36. The minimum atomic E-state index is -3.67. The maximum absolute atomic E-state index is 11.5. The SMILES string of the molecule is CC(=O)O[C@@H]1[C@@H](OC(C)=O)[C@H](OC(C)=O)CS[C@H]1Oc1cccnc1.CS(=O)(=O)O. The zero-order valence-electron chi connectivity index (χ0n) is 16.7. The van der Waals surface area contributed by atoms with Crippen LogP contribution in [0.1, 0.15) is 20.8 Å². The number of aromatic nitrogens is 1. The van der Waals surface area contributed by atoms with Crippen LogP contribution in [-0.2, 0) is 38.7 Å². The molecule has 1 aliphatic rings. The number of rotatable bonds is 5. The first-order valence-corrected chi connectivity index (χ1v) is 11.4. The highest BCUT2D eigenvalue weighted by Gasteiger charge is 2.47. The highest BCUT2D eigenvalue weighted by molar-refractivity contribution is 7.99. The molecule has 0 radical (unpaired) electrons. The summed E-state index contributed by atoms with van der Waals surface area (Å²) < 4.78 is 47.5. The van der Waals surface area contributed by atoms with Crippen LogP contribution in [0.5, 0.6) is 5.75 Å². The highest BCUT2D eigenvalue weighted by atomic mass is 32.2. The molecule has 0 amide bonds. The number of thioether (sulfide) groups is 1. The van der Waals surface area contributed by atoms with Crippen LogP contribution in [0.4, 0.5) is 0 Å². The summed E-state index contributed by atoms with van der Waals surface area (Å²) >= 11 is 1.29. The van der Waals surface area contributed by atoms with Gasteiger partial charge < -0.3 is 18.9 Å². The lowest BCUT2D eigenvalue weighted by molar-refractivity contribution is -0.186. The number of carbonyl (C=O) groups excluding carboxylic acids is 3. The second-order valence-electron chi connectivity index (χ2n) is 6.04. The van der Waals surface area contributed by atoms with Gasteiger partial charge in [-0.25, -0.2) is 0 Å². The van der Waals surface area contributed by atoms with Gasteiger partial charge in [0.15, 0.2) is 23.7 Å². The molecule has 0 saturated carbocycles.